The Balaban J connectivity index is 3.45. The lowest BCUT2D eigenvalue weighted by Crippen LogP contribution is -2.13. The zero-order chi connectivity index (χ0) is 12.7. The molecule has 0 atom stereocenters. The zero-order valence-corrected chi connectivity index (χ0v) is 8.96. The van der Waals surface area contributed by atoms with Gasteiger partial charge in [0.2, 0.25) is 0 Å². The van der Waals surface area contributed by atoms with E-state index in [1.165, 1.54) is 0 Å². The third-order valence-electron chi connectivity index (χ3n) is 1.75. The SMILES string of the molecule is Nc1cc(Br)c(C(F)(F)F)cc1C(F)(F)F. The Hall–Kier alpha value is -0.920. The molecule has 0 unspecified atom stereocenters. The van der Waals surface area contributed by atoms with Gasteiger partial charge in [0.15, 0.2) is 0 Å². The van der Waals surface area contributed by atoms with E-state index < -0.39 is 33.6 Å². The van der Waals surface area contributed by atoms with Gasteiger partial charge in [0.1, 0.15) is 0 Å². The average Bonchev–Trinajstić information content (AvgIpc) is 1.97. The Morgan fingerprint density at radius 1 is 0.875 bits per heavy atom. The smallest absolute Gasteiger partial charge is 0.398 e. The first kappa shape index (κ1) is 13.1. The largest absolute Gasteiger partial charge is 0.418 e. The van der Waals surface area contributed by atoms with Crippen LogP contribution in [0.15, 0.2) is 16.6 Å². The number of nitrogen functional groups attached to an aromatic ring is 1. The number of alkyl halides is 6. The van der Waals surface area contributed by atoms with E-state index in [2.05, 4.69) is 15.9 Å². The molecule has 16 heavy (non-hydrogen) atoms. The topological polar surface area (TPSA) is 26.0 Å². The third kappa shape index (κ3) is 2.60. The highest BCUT2D eigenvalue weighted by Gasteiger charge is 2.39. The molecule has 90 valence electrons. The van der Waals surface area contributed by atoms with Gasteiger partial charge in [-0.25, -0.2) is 0 Å². The minimum absolute atomic E-state index is 0.0145. The van der Waals surface area contributed by atoms with Crippen LogP contribution in [-0.2, 0) is 12.4 Å². The van der Waals surface area contributed by atoms with Crippen LogP contribution in [0.4, 0.5) is 32.0 Å². The van der Waals surface area contributed by atoms with Crippen LogP contribution >= 0.6 is 15.9 Å². The van der Waals surface area contributed by atoms with Gasteiger partial charge in [0, 0.05) is 10.2 Å². The number of hydrogen-bond donors (Lipinski definition) is 1. The van der Waals surface area contributed by atoms with Gasteiger partial charge in [-0.05, 0) is 12.1 Å². The minimum atomic E-state index is -4.91. The van der Waals surface area contributed by atoms with E-state index in [0.29, 0.717) is 6.07 Å². The normalized spacial score (nSPS) is 12.9. The summed E-state index contributed by atoms with van der Waals surface area (Å²) in [5.41, 5.74) is 1.34. The van der Waals surface area contributed by atoms with Crippen molar-refractivity contribution in [3.05, 3.63) is 27.7 Å². The van der Waals surface area contributed by atoms with E-state index in [-0.39, 0.29) is 6.07 Å². The predicted molar refractivity (Wildman–Crippen MR) is 48.6 cm³/mol. The van der Waals surface area contributed by atoms with Crippen LogP contribution in [0.25, 0.3) is 0 Å². The van der Waals surface area contributed by atoms with E-state index >= 15 is 0 Å². The van der Waals surface area contributed by atoms with E-state index in [1.807, 2.05) is 0 Å². The Kier molecular flexibility index (Phi) is 3.15. The summed E-state index contributed by atoms with van der Waals surface area (Å²) in [5.74, 6) is 0. The lowest BCUT2D eigenvalue weighted by atomic mass is 10.1. The lowest BCUT2D eigenvalue weighted by Gasteiger charge is -2.15. The fourth-order valence-corrected chi connectivity index (χ4v) is 1.64. The molecule has 1 aromatic rings. The summed E-state index contributed by atoms with van der Waals surface area (Å²) in [7, 11) is 0. The molecule has 0 aliphatic carbocycles. The summed E-state index contributed by atoms with van der Waals surface area (Å²) in [6, 6.07) is 0.574. The monoisotopic (exact) mass is 307 g/mol. The number of hydrogen-bond acceptors (Lipinski definition) is 1. The van der Waals surface area contributed by atoms with Crippen molar-refractivity contribution >= 4 is 21.6 Å². The van der Waals surface area contributed by atoms with Crippen molar-refractivity contribution in [3.8, 4) is 0 Å². The second-order valence-corrected chi connectivity index (χ2v) is 3.77. The van der Waals surface area contributed by atoms with Crippen molar-refractivity contribution in [1.82, 2.24) is 0 Å². The van der Waals surface area contributed by atoms with Gasteiger partial charge in [-0.1, -0.05) is 15.9 Å². The Morgan fingerprint density at radius 2 is 1.31 bits per heavy atom. The standard InChI is InChI=1S/C8H4BrF6N/c9-5-2-6(16)4(8(13,14)15)1-3(5)7(10,11)12/h1-2H,16H2. The van der Waals surface area contributed by atoms with Crippen LogP contribution in [0.2, 0.25) is 0 Å². The molecule has 8 heteroatoms. The highest BCUT2D eigenvalue weighted by molar-refractivity contribution is 9.10. The van der Waals surface area contributed by atoms with Gasteiger partial charge in [-0.15, -0.1) is 0 Å². The molecule has 0 radical (unpaired) electrons. The quantitative estimate of drug-likeness (QED) is 0.567. The number of rotatable bonds is 0. The third-order valence-corrected chi connectivity index (χ3v) is 2.41. The fourth-order valence-electron chi connectivity index (χ4n) is 1.05. The molecule has 0 saturated carbocycles. The number of benzene rings is 1. The van der Waals surface area contributed by atoms with Crippen molar-refractivity contribution in [1.29, 1.82) is 0 Å². The zero-order valence-electron chi connectivity index (χ0n) is 7.38. The molecular weight excluding hydrogens is 304 g/mol. The van der Waals surface area contributed by atoms with E-state index in [0.717, 1.165) is 0 Å². The molecule has 0 spiro atoms. The molecule has 0 amide bonds. The second-order valence-electron chi connectivity index (χ2n) is 2.91. The van der Waals surface area contributed by atoms with Gasteiger partial charge in [0.25, 0.3) is 0 Å². The second kappa shape index (κ2) is 3.83. The highest BCUT2D eigenvalue weighted by atomic mass is 79.9. The van der Waals surface area contributed by atoms with Crippen molar-refractivity contribution in [2.24, 2.45) is 0 Å². The molecule has 1 aromatic carbocycles. The van der Waals surface area contributed by atoms with Crippen LogP contribution < -0.4 is 5.73 Å². The molecule has 1 rings (SSSR count). The molecule has 0 fully saturated rings. The summed E-state index contributed by atoms with van der Waals surface area (Å²) in [6.45, 7) is 0. The number of nitrogens with two attached hydrogens (primary N) is 1. The molecule has 0 saturated heterocycles. The van der Waals surface area contributed by atoms with Gasteiger partial charge in [-0.2, -0.15) is 26.3 Å². The Bertz CT molecular complexity index is 373. The van der Waals surface area contributed by atoms with E-state index in [9.17, 15) is 26.3 Å². The Morgan fingerprint density at radius 3 is 1.69 bits per heavy atom. The van der Waals surface area contributed by atoms with Crippen LogP contribution in [-0.4, -0.2) is 0 Å². The minimum Gasteiger partial charge on any atom is -0.398 e. The van der Waals surface area contributed by atoms with Crippen molar-refractivity contribution in [3.63, 3.8) is 0 Å². The maximum atomic E-state index is 12.3. The molecule has 0 aromatic heterocycles. The summed E-state index contributed by atoms with van der Waals surface area (Å²) < 4.78 is 73.3. The highest BCUT2D eigenvalue weighted by Crippen LogP contribution is 2.41. The van der Waals surface area contributed by atoms with Gasteiger partial charge < -0.3 is 5.73 Å². The molecule has 0 aliphatic heterocycles. The molecule has 1 nitrogen and oxygen atoms in total. The van der Waals surface area contributed by atoms with Crippen LogP contribution in [0.1, 0.15) is 11.1 Å². The van der Waals surface area contributed by atoms with Crippen LogP contribution in [0.3, 0.4) is 0 Å². The Labute approximate surface area is 94.4 Å². The summed E-state index contributed by atoms with van der Waals surface area (Å²) >= 11 is 2.52. The molecule has 0 heterocycles. The summed E-state index contributed by atoms with van der Waals surface area (Å²) in [5, 5.41) is 0. The van der Waals surface area contributed by atoms with Crippen LogP contribution in [0, 0.1) is 0 Å². The van der Waals surface area contributed by atoms with Crippen molar-refractivity contribution in [2.75, 3.05) is 5.73 Å². The maximum Gasteiger partial charge on any atom is 0.418 e. The van der Waals surface area contributed by atoms with Gasteiger partial charge in [0.05, 0.1) is 11.1 Å². The first-order valence-electron chi connectivity index (χ1n) is 3.77. The first-order chi connectivity index (χ1) is 7.03. The number of halogens is 7. The number of anilines is 1. The van der Waals surface area contributed by atoms with Crippen LogP contribution in [0.5, 0.6) is 0 Å². The molecular formula is C8H4BrF6N. The summed E-state index contributed by atoms with van der Waals surface area (Å²) in [6.07, 6.45) is -9.78. The maximum absolute atomic E-state index is 12.3. The van der Waals surface area contributed by atoms with Gasteiger partial charge >= 0.3 is 12.4 Å². The van der Waals surface area contributed by atoms with Crippen molar-refractivity contribution < 1.29 is 26.3 Å². The summed E-state index contributed by atoms with van der Waals surface area (Å²) in [4.78, 5) is 0. The molecule has 0 bridgehead atoms. The predicted octanol–water partition coefficient (Wildman–Crippen LogP) is 4.07. The fraction of sp³-hybridized carbons (Fsp3) is 0.250. The van der Waals surface area contributed by atoms with E-state index in [4.69, 9.17) is 5.73 Å². The van der Waals surface area contributed by atoms with Gasteiger partial charge in [-0.3, -0.25) is 0 Å². The first-order valence-corrected chi connectivity index (χ1v) is 4.56. The average molecular weight is 308 g/mol. The van der Waals surface area contributed by atoms with Crippen molar-refractivity contribution in [2.45, 2.75) is 12.4 Å². The molecule has 0 aliphatic rings. The van der Waals surface area contributed by atoms with E-state index in [1.54, 1.807) is 0 Å². The lowest BCUT2D eigenvalue weighted by molar-refractivity contribution is -0.143. The molecule has 2 N–H and O–H groups in total.